The summed E-state index contributed by atoms with van der Waals surface area (Å²) < 4.78 is 0. The lowest BCUT2D eigenvalue weighted by Crippen LogP contribution is -2.34. The molecule has 0 bridgehead atoms. The van der Waals surface area contributed by atoms with Crippen molar-refractivity contribution in [3.8, 4) is 0 Å². The SMILES string of the molecule is CCCCNCCCC(C)(CCCC(C)(C)CCC)C(C)(C)C. The second kappa shape index (κ2) is 10.7. The average molecular weight is 326 g/mol. The van der Waals surface area contributed by atoms with Gasteiger partial charge in [0.1, 0.15) is 0 Å². The maximum atomic E-state index is 3.61. The van der Waals surface area contributed by atoms with E-state index >= 15 is 0 Å². The Morgan fingerprint density at radius 1 is 0.609 bits per heavy atom. The summed E-state index contributed by atoms with van der Waals surface area (Å²) in [5.41, 5.74) is 1.38. The van der Waals surface area contributed by atoms with E-state index in [0.717, 1.165) is 0 Å². The van der Waals surface area contributed by atoms with Gasteiger partial charge in [-0.1, -0.05) is 74.7 Å². The molecule has 0 amide bonds. The molecule has 23 heavy (non-hydrogen) atoms. The van der Waals surface area contributed by atoms with E-state index in [0.29, 0.717) is 16.2 Å². The zero-order valence-electron chi connectivity index (χ0n) is 17.8. The molecule has 0 radical (unpaired) electrons. The van der Waals surface area contributed by atoms with E-state index in [1.807, 2.05) is 0 Å². The molecule has 1 N–H and O–H groups in total. The Bertz CT molecular complexity index is 287. The molecule has 0 saturated heterocycles. The van der Waals surface area contributed by atoms with Gasteiger partial charge in [-0.15, -0.1) is 0 Å². The maximum Gasteiger partial charge on any atom is -0.00487 e. The number of rotatable bonds is 13. The minimum atomic E-state index is 0.394. The third-order valence-corrected chi connectivity index (χ3v) is 6.11. The first kappa shape index (κ1) is 23.0. The van der Waals surface area contributed by atoms with Gasteiger partial charge in [-0.3, -0.25) is 0 Å². The van der Waals surface area contributed by atoms with Crippen LogP contribution in [-0.2, 0) is 0 Å². The Balaban J connectivity index is 4.34. The topological polar surface area (TPSA) is 12.0 Å². The molecule has 0 spiro atoms. The van der Waals surface area contributed by atoms with Gasteiger partial charge in [0.25, 0.3) is 0 Å². The Labute approximate surface area is 148 Å². The van der Waals surface area contributed by atoms with Crippen LogP contribution in [0.25, 0.3) is 0 Å². The lowest BCUT2D eigenvalue weighted by atomic mass is 9.62. The van der Waals surface area contributed by atoms with E-state index in [2.05, 4.69) is 60.7 Å². The molecule has 0 aliphatic carbocycles. The minimum absolute atomic E-state index is 0.394. The summed E-state index contributed by atoms with van der Waals surface area (Å²) >= 11 is 0. The highest BCUT2D eigenvalue weighted by atomic mass is 14.8. The third kappa shape index (κ3) is 9.75. The molecule has 1 atom stereocenters. The molecule has 0 heterocycles. The average Bonchev–Trinajstić information content (AvgIpc) is 2.41. The van der Waals surface area contributed by atoms with E-state index in [4.69, 9.17) is 0 Å². The quantitative estimate of drug-likeness (QED) is 0.353. The van der Waals surface area contributed by atoms with E-state index in [9.17, 15) is 0 Å². The van der Waals surface area contributed by atoms with Crippen molar-refractivity contribution >= 4 is 0 Å². The highest BCUT2D eigenvalue weighted by molar-refractivity contribution is 4.87. The summed E-state index contributed by atoms with van der Waals surface area (Å²) in [5, 5.41) is 3.61. The van der Waals surface area contributed by atoms with Crippen molar-refractivity contribution in [2.24, 2.45) is 16.2 Å². The Kier molecular flexibility index (Phi) is 10.7. The van der Waals surface area contributed by atoms with Crippen molar-refractivity contribution in [1.29, 1.82) is 0 Å². The van der Waals surface area contributed by atoms with Crippen LogP contribution in [0.5, 0.6) is 0 Å². The molecule has 0 aromatic rings. The fraction of sp³-hybridized carbons (Fsp3) is 1.00. The van der Waals surface area contributed by atoms with Crippen LogP contribution in [0.15, 0.2) is 0 Å². The van der Waals surface area contributed by atoms with Crippen molar-refractivity contribution in [2.45, 2.75) is 113 Å². The summed E-state index contributed by atoms with van der Waals surface area (Å²) in [4.78, 5) is 0. The molecule has 0 aromatic carbocycles. The summed E-state index contributed by atoms with van der Waals surface area (Å²) in [7, 11) is 0. The second-order valence-corrected chi connectivity index (χ2v) is 9.79. The Morgan fingerprint density at radius 3 is 1.70 bits per heavy atom. The van der Waals surface area contributed by atoms with E-state index in [1.54, 1.807) is 0 Å². The first-order valence-electron chi connectivity index (χ1n) is 10.3. The van der Waals surface area contributed by atoms with Crippen LogP contribution in [0.4, 0.5) is 0 Å². The number of hydrogen-bond donors (Lipinski definition) is 1. The Hall–Kier alpha value is -0.0400. The molecular weight excluding hydrogens is 278 g/mol. The van der Waals surface area contributed by atoms with Crippen molar-refractivity contribution in [3.05, 3.63) is 0 Å². The van der Waals surface area contributed by atoms with Crippen LogP contribution in [0.2, 0.25) is 0 Å². The lowest BCUT2D eigenvalue weighted by molar-refractivity contribution is 0.0741. The van der Waals surface area contributed by atoms with Crippen LogP contribution < -0.4 is 5.32 Å². The first-order valence-corrected chi connectivity index (χ1v) is 10.3. The maximum absolute atomic E-state index is 3.61. The fourth-order valence-electron chi connectivity index (χ4n) is 3.66. The van der Waals surface area contributed by atoms with E-state index in [1.165, 1.54) is 70.9 Å². The molecule has 0 fully saturated rings. The van der Waals surface area contributed by atoms with Gasteiger partial charge in [-0.05, 0) is 67.9 Å². The molecule has 0 aliphatic rings. The molecule has 0 rings (SSSR count). The van der Waals surface area contributed by atoms with Gasteiger partial charge in [0.15, 0.2) is 0 Å². The van der Waals surface area contributed by atoms with Gasteiger partial charge in [-0.2, -0.15) is 0 Å². The van der Waals surface area contributed by atoms with Gasteiger partial charge in [-0.25, -0.2) is 0 Å². The highest BCUT2D eigenvalue weighted by Crippen LogP contribution is 2.47. The zero-order chi connectivity index (χ0) is 18.0. The fourth-order valence-corrected chi connectivity index (χ4v) is 3.66. The molecule has 0 saturated carbocycles. The molecule has 140 valence electrons. The van der Waals surface area contributed by atoms with Gasteiger partial charge in [0, 0.05) is 0 Å². The highest BCUT2D eigenvalue weighted by Gasteiger charge is 2.36. The van der Waals surface area contributed by atoms with Gasteiger partial charge < -0.3 is 5.32 Å². The molecule has 1 nitrogen and oxygen atoms in total. The van der Waals surface area contributed by atoms with Crippen molar-refractivity contribution in [2.75, 3.05) is 13.1 Å². The number of unbranched alkanes of at least 4 members (excludes halogenated alkanes) is 1. The normalized spacial score (nSPS) is 15.7. The summed E-state index contributed by atoms with van der Waals surface area (Å²) in [5.74, 6) is 0. The summed E-state index contributed by atoms with van der Waals surface area (Å²) in [6.07, 6.45) is 12.1. The van der Waals surface area contributed by atoms with Crippen LogP contribution in [0.3, 0.4) is 0 Å². The number of hydrogen-bond acceptors (Lipinski definition) is 1. The largest absolute Gasteiger partial charge is 0.317 e. The van der Waals surface area contributed by atoms with E-state index in [-0.39, 0.29) is 0 Å². The van der Waals surface area contributed by atoms with Crippen molar-refractivity contribution < 1.29 is 0 Å². The molecular formula is C22H47N. The Morgan fingerprint density at radius 2 is 1.17 bits per heavy atom. The molecule has 0 aliphatic heterocycles. The first-order chi connectivity index (χ1) is 10.6. The molecule has 0 aromatic heterocycles. The molecule has 1 heteroatoms. The lowest BCUT2D eigenvalue weighted by Gasteiger charge is -2.43. The monoisotopic (exact) mass is 325 g/mol. The van der Waals surface area contributed by atoms with Crippen molar-refractivity contribution in [3.63, 3.8) is 0 Å². The van der Waals surface area contributed by atoms with Gasteiger partial charge in [0.05, 0.1) is 0 Å². The summed E-state index contributed by atoms with van der Waals surface area (Å²) in [6, 6.07) is 0. The van der Waals surface area contributed by atoms with Crippen LogP contribution in [0.1, 0.15) is 113 Å². The predicted octanol–water partition coefficient (Wildman–Crippen LogP) is 7.21. The minimum Gasteiger partial charge on any atom is -0.317 e. The van der Waals surface area contributed by atoms with Crippen molar-refractivity contribution in [1.82, 2.24) is 5.32 Å². The third-order valence-electron chi connectivity index (χ3n) is 6.11. The van der Waals surface area contributed by atoms with Crippen LogP contribution >= 0.6 is 0 Å². The molecule has 1 unspecified atom stereocenters. The van der Waals surface area contributed by atoms with Crippen LogP contribution in [-0.4, -0.2) is 13.1 Å². The second-order valence-electron chi connectivity index (χ2n) is 9.79. The standard InChI is InChI=1S/C22H47N/c1-9-11-18-23-19-13-17-22(8,20(3,4)5)16-12-15-21(6,7)14-10-2/h23H,9-19H2,1-8H3. The zero-order valence-corrected chi connectivity index (χ0v) is 17.8. The van der Waals surface area contributed by atoms with Gasteiger partial charge >= 0.3 is 0 Å². The number of nitrogens with one attached hydrogen (secondary N) is 1. The van der Waals surface area contributed by atoms with E-state index < -0.39 is 0 Å². The van der Waals surface area contributed by atoms with Gasteiger partial charge in [0.2, 0.25) is 0 Å². The smallest absolute Gasteiger partial charge is 0.00487 e. The summed E-state index contributed by atoms with van der Waals surface area (Å²) in [6.45, 7) is 21.7. The predicted molar refractivity (Wildman–Crippen MR) is 107 cm³/mol. The van der Waals surface area contributed by atoms with Crippen LogP contribution in [0, 0.1) is 16.2 Å².